The van der Waals surface area contributed by atoms with E-state index < -0.39 is 0 Å². The van der Waals surface area contributed by atoms with E-state index in [0.717, 1.165) is 37.5 Å². The molecule has 1 saturated heterocycles. The Hall–Kier alpha value is -0.570. The summed E-state index contributed by atoms with van der Waals surface area (Å²) in [6.45, 7) is 7.24. The number of fused-ring (bicyclic) bond motifs is 5. The molecule has 0 aromatic carbocycles. The molecule has 1 heterocycles. The van der Waals surface area contributed by atoms with Crippen molar-refractivity contribution in [1.82, 2.24) is 4.90 Å². The summed E-state index contributed by atoms with van der Waals surface area (Å²) in [5.41, 5.74) is 0.434. The van der Waals surface area contributed by atoms with Crippen LogP contribution in [0.1, 0.15) is 65.7 Å². The van der Waals surface area contributed by atoms with Gasteiger partial charge >= 0.3 is 0 Å². The van der Waals surface area contributed by atoms with Crippen molar-refractivity contribution in [3.8, 4) is 0 Å². The van der Waals surface area contributed by atoms with Crippen molar-refractivity contribution in [2.75, 3.05) is 7.05 Å². The lowest BCUT2D eigenvalue weighted by atomic mass is 9.45. The highest BCUT2D eigenvalue weighted by Crippen LogP contribution is 2.65. The van der Waals surface area contributed by atoms with Gasteiger partial charge in [-0.3, -0.25) is 4.79 Å². The average Bonchev–Trinajstić information content (AvgIpc) is 2.82. The van der Waals surface area contributed by atoms with Crippen LogP contribution in [0, 0.1) is 34.5 Å². The maximum absolute atomic E-state index is 12.2. The molecular weight excluding hydrogens is 286 g/mol. The number of nitrogens with zero attached hydrogens (tertiary/aromatic N) is 1. The monoisotopic (exact) mass is 319 g/mol. The molecule has 0 aromatic rings. The summed E-state index contributed by atoms with van der Waals surface area (Å²) in [4.78, 5) is 14.3. The van der Waals surface area contributed by atoms with Crippen LogP contribution in [0.5, 0.6) is 0 Å². The molecule has 3 saturated carbocycles. The molecule has 0 aromatic heterocycles. The molecule has 4 rings (SSSR count). The van der Waals surface area contributed by atoms with Crippen molar-refractivity contribution in [2.24, 2.45) is 34.5 Å². The van der Waals surface area contributed by atoms with Crippen LogP contribution in [0.15, 0.2) is 0 Å². The van der Waals surface area contributed by atoms with Gasteiger partial charge in [-0.25, -0.2) is 0 Å². The number of carbonyl (C=O) groups excluding carboxylic acids is 1. The zero-order chi connectivity index (χ0) is 16.6. The number of carbonyl (C=O) groups is 1. The van der Waals surface area contributed by atoms with Gasteiger partial charge in [0.15, 0.2) is 0 Å². The molecule has 130 valence electrons. The van der Waals surface area contributed by atoms with E-state index in [4.69, 9.17) is 0 Å². The molecule has 0 bridgehead atoms. The smallest absolute Gasteiger partial charge is 0.222 e. The van der Waals surface area contributed by atoms with Gasteiger partial charge in [-0.15, -0.1) is 0 Å². The highest BCUT2D eigenvalue weighted by Gasteiger charge is 2.62. The van der Waals surface area contributed by atoms with Crippen LogP contribution in [-0.4, -0.2) is 35.1 Å². The second kappa shape index (κ2) is 4.97. The number of piperidine rings is 1. The molecule has 0 radical (unpaired) electrons. The highest BCUT2D eigenvalue weighted by atomic mass is 16.3. The van der Waals surface area contributed by atoms with E-state index in [1.165, 1.54) is 19.3 Å². The summed E-state index contributed by atoms with van der Waals surface area (Å²) in [5.74, 6) is 3.17. The maximum Gasteiger partial charge on any atom is 0.222 e. The quantitative estimate of drug-likeness (QED) is 0.743. The van der Waals surface area contributed by atoms with Gasteiger partial charge in [0.05, 0.1) is 6.10 Å². The molecule has 23 heavy (non-hydrogen) atoms. The molecule has 3 nitrogen and oxygen atoms in total. The lowest BCUT2D eigenvalue weighted by Crippen LogP contribution is -2.63. The van der Waals surface area contributed by atoms with E-state index in [2.05, 4.69) is 25.7 Å². The van der Waals surface area contributed by atoms with Crippen molar-refractivity contribution in [2.45, 2.75) is 77.9 Å². The summed E-state index contributed by atoms with van der Waals surface area (Å²) < 4.78 is 0. The average molecular weight is 319 g/mol. The second-order valence-electron chi connectivity index (χ2n) is 9.67. The summed E-state index contributed by atoms with van der Waals surface area (Å²) in [6.07, 6.45) is 7.48. The van der Waals surface area contributed by atoms with Gasteiger partial charge in [-0.1, -0.05) is 20.8 Å². The number of hydrogen-bond donors (Lipinski definition) is 1. The maximum atomic E-state index is 12.2. The number of likely N-dealkylation sites (tertiary alicyclic amines) is 1. The van der Waals surface area contributed by atoms with Crippen molar-refractivity contribution in [3.63, 3.8) is 0 Å². The standard InChI is InChI=1S/C20H33NO2/c1-12-11-15-19(2,10-8-17(23)21(15)4)14-7-9-20(3)13(18(12)14)5-6-16(20)22/h12-16,18,22H,5-11H2,1-4H3/t12-,13-,14-,15+,16-,18-,19+,20-/m0/s1. The number of hydrogen-bond acceptors (Lipinski definition) is 2. The first-order valence-electron chi connectivity index (χ1n) is 9.73. The number of aliphatic hydroxyl groups is 1. The molecule has 0 spiro atoms. The van der Waals surface area contributed by atoms with Gasteiger partial charge < -0.3 is 10.0 Å². The summed E-state index contributed by atoms with van der Waals surface area (Å²) in [6, 6.07) is 0.427. The Morgan fingerprint density at radius 2 is 1.78 bits per heavy atom. The molecule has 0 unspecified atom stereocenters. The first kappa shape index (κ1) is 15.9. The Kier molecular flexibility index (Phi) is 3.44. The van der Waals surface area contributed by atoms with E-state index in [1.807, 2.05) is 7.05 Å². The van der Waals surface area contributed by atoms with Gasteiger partial charge in [-0.05, 0) is 73.0 Å². The topological polar surface area (TPSA) is 40.5 Å². The van der Waals surface area contributed by atoms with E-state index in [9.17, 15) is 9.90 Å². The summed E-state index contributed by atoms with van der Waals surface area (Å²) in [7, 11) is 2.03. The third-order valence-electron chi connectivity index (χ3n) is 8.88. The molecular formula is C20H33NO2. The van der Waals surface area contributed by atoms with Crippen molar-refractivity contribution >= 4 is 5.91 Å². The van der Waals surface area contributed by atoms with Crippen molar-refractivity contribution in [3.05, 3.63) is 0 Å². The molecule has 1 N–H and O–H groups in total. The van der Waals surface area contributed by atoms with Crippen LogP contribution in [0.25, 0.3) is 0 Å². The first-order valence-corrected chi connectivity index (χ1v) is 9.73. The minimum absolute atomic E-state index is 0.0956. The van der Waals surface area contributed by atoms with Crippen molar-refractivity contribution in [1.29, 1.82) is 0 Å². The zero-order valence-corrected chi connectivity index (χ0v) is 15.2. The lowest BCUT2D eigenvalue weighted by Gasteiger charge is -2.63. The predicted molar refractivity (Wildman–Crippen MR) is 90.7 cm³/mol. The molecule has 4 fully saturated rings. The molecule has 8 atom stereocenters. The third-order valence-corrected chi connectivity index (χ3v) is 8.88. The fourth-order valence-electron chi connectivity index (χ4n) is 7.43. The molecule has 3 aliphatic carbocycles. The molecule has 3 heteroatoms. The Bertz CT molecular complexity index is 520. The summed E-state index contributed by atoms with van der Waals surface area (Å²) >= 11 is 0. The molecule has 1 aliphatic heterocycles. The number of aliphatic hydroxyl groups excluding tert-OH is 1. The Morgan fingerprint density at radius 3 is 2.52 bits per heavy atom. The Balaban J connectivity index is 1.70. The Labute approximate surface area is 140 Å². The second-order valence-corrected chi connectivity index (χ2v) is 9.67. The van der Waals surface area contributed by atoms with Crippen molar-refractivity contribution < 1.29 is 9.90 Å². The SMILES string of the molecule is C[C@H]1C[C@H]2N(C)C(=O)CC[C@]2(C)[C@H]2CC[C@]3(C)[C@@H](O)CC[C@H]3[C@H]12. The fourth-order valence-corrected chi connectivity index (χ4v) is 7.43. The first-order chi connectivity index (χ1) is 10.8. The predicted octanol–water partition coefficient (Wildman–Crippen LogP) is 3.46. The largest absolute Gasteiger partial charge is 0.393 e. The van der Waals surface area contributed by atoms with Crippen LogP contribution < -0.4 is 0 Å². The van der Waals surface area contributed by atoms with E-state index in [0.29, 0.717) is 23.8 Å². The van der Waals surface area contributed by atoms with E-state index >= 15 is 0 Å². The summed E-state index contributed by atoms with van der Waals surface area (Å²) in [5, 5.41) is 10.6. The molecule has 1 amide bonds. The van der Waals surface area contributed by atoms with Gasteiger partial charge in [0, 0.05) is 19.5 Å². The van der Waals surface area contributed by atoms with Crippen LogP contribution >= 0.6 is 0 Å². The lowest BCUT2D eigenvalue weighted by molar-refractivity contribution is -0.168. The van der Waals surface area contributed by atoms with E-state index in [-0.39, 0.29) is 16.9 Å². The van der Waals surface area contributed by atoms with Gasteiger partial charge in [0.25, 0.3) is 0 Å². The minimum Gasteiger partial charge on any atom is -0.393 e. The van der Waals surface area contributed by atoms with Crippen LogP contribution in [0.3, 0.4) is 0 Å². The number of rotatable bonds is 0. The van der Waals surface area contributed by atoms with Crippen LogP contribution in [0.4, 0.5) is 0 Å². The molecule has 4 aliphatic rings. The Morgan fingerprint density at radius 1 is 1.09 bits per heavy atom. The van der Waals surface area contributed by atoms with Crippen LogP contribution in [0.2, 0.25) is 0 Å². The third kappa shape index (κ3) is 1.95. The minimum atomic E-state index is -0.0956. The number of amides is 1. The van der Waals surface area contributed by atoms with Gasteiger partial charge in [0.2, 0.25) is 5.91 Å². The van der Waals surface area contributed by atoms with Gasteiger partial charge in [-0.2, -0.15) is 0 Å². The highest BCUT2D eigenvalue weighted by molar-refractivity contribution is 5.77. The fraction of sp³-hybridized carbons (Fsp3) is 0.950. The van der Waals surface area contributed by atoms with Crippen LogP contribution in [-0.2, 0) is 4.79 Å². The normalized spacial score (nSPS) is 56.0. The van der Waals surface area contributed by atoms with Gasteiger partial charge in [0.1, 0.15) is 0 Å². The van der Waals surface area contributed by atoms with E-state index in [1.54, 1.807) is 0 Å². The zero-order valence-electron chi connectivity index (χ0n) is 15.2.